The second-order valence-electron chi connectivity index (χ2n) is 7.08. The van der Waals surface area contributed by atoms with Gasteiger partial charge < -0.3 is 0 Å². The molecule has 23 heavy (non-hydrogen) atoms. The van der Waals surface area contributed by atoms with E-state index < -0.39 is 16.1 Å². The quantitative estimate of drug-likeness (QED) is 0.908. The minimum atomic E-state index is -3.72. The monoisotopic (exact) mass is 333 g/mol. The molecule has 0 aromatic heterocycles. The molecule has 0 spiro atoms. The van der Waals surface area contributed by atoms with Crippen molar-refractivity contribution in [1.82, 2.24) is 4.72 Å². The molecule has 1 aromatic rings. The second-order valence-corrected chi connectivity index (χ2v) is 8.79. The van der Waals surface area contributed by atoms with Gasteiger partial charge in [0.1, 0.15) is 11.6 Å². The van der Waals surface area contributed by atoms with Crippen molar-refractivity contribution in [3.05, 3.63) is 29.8 Å². The van der Waals surface area contributed by atoms with Gasteiger partial charge in [0.2, 0.25) is 10.0 Å². The third kappa shape index (κ3) is 2.27. The Kier molecular flexibility index (Phi) is 3.25. The number of carbonyl (C=O) groups is 2. The molecule has 4 saturated carbocycles. The van der Waals surface area contributed by atoms with Crippen molar-refractivity contribution < 1.29 is 18.0 Å². The fourth-order valence-corrected chi connectivity index (χ4v) is 5.83. The fourth-order valence-electron chi connectivity index (χ4n) is 4.51. The van der Waals surface area contributed by atoms with Crippen LogP contribution in [0.5, 0.6) is 0 Å². The van der Waals surface area contributed by atoms with Gasteiger partial charge in [0.15, 0.2) is 0 Å². The van der Waals surface area contributed by atoms with Crippen LogP contribution in [-0.2, 0) is 19.6 Å². The number of Topliss-reactive ketones (excluding diaryl/α,β-unsaturated/α-hetero) is 2. The number of carbonyl (C=O) groups excluding carboxylic acids is 2. The maximum Gasteiger partial charge on any atom is 0.240 e. The largest absolute Gasteiger partial charge is 0.299 e. The Balaban J connectivity index is 1.64. The van der Waals surface area contributed by atoms with Crippen LogP contribution in [0.4, 0.5) is 0 Å². The molecule has 0 saturated heterocycles. The average molecular weight is 333 g/mol. The zero-order valence-electron chi connectivity index (χ0n) is 12.9. The normalized spacial score (nSPS) is 35.8. The van der Waals surface area contributed by atoms with E-state index in [4.69, 9.17) is 0 Å². The van der Waals surface area contributed by atoms with Crippen LogP contribution < -0.4 is 4.72 Å². The van der Waals surface area contributed by atoms with Crippen LogP contribution in [0.2, 0.25) is 0 Å². The number of ketones is 2. The predicted octanol–water partition coefficient (Wildman–Crippen LogP) is 1.46. The third-order valence-electron chi connectivity index (χ3n) is 5.67. The van der Waals surface area contributed by atoms with Crippen molar-refractivity contribution >= 4 is 21.6 Å². The Morgan fingerprint density at radius 1 is 0.913 bits per heavy atom. The van der Waals surface area contributed by atoms with Gasteiger partial charge in [-0.25, -0.2) is 13.1 Å². The molecule has 1 N–H and O–H groups in total. The molecule has 5 nitrogen and oxygen atoms in total. The van der Waals surface area contributed by atoms with Crippen LogP contribution >= 0.6 is 0 Å². The average Bonchev–Trinajstić information content (AvgIpc) is 2.49. The van der Waals surface area contributed by atoms with Gasteiger partial charge in [-0.2, -0.15) is 0 Å². The first kappa shape index (κ1) is 15.0. The van der Waals surface area contributed by atoms with Gasteiger partial charge in [0.25, 0.3) is 0 Å². The van der Waals surface area contributed by atoms with Crippen LogP contribution in [0.3, 0.4) is 0 Å². The SMILES string of the molecule is Cc1ccc(S(=O)(=O)NC2C3CC4CC(CC2C4=O)C3=O)cc1. The van der Waals surface area contributed by atoms with Gasteiger partial charge in [0.05, 0.1) is 4.90 Å². The van der Waals surface area contributed by atoms with Gasteiger partial charge in [-0.3, -0.25) is 9.59 Å². The van der Waals surface area contributed by atoms with E-state index in [9.17, 15) is 18.0 Å². The number of benzene rings is 1. The van der Waals surface area contributed by atoms with E-state index in [2.05, 4.69) is 4.72 Å². The van der Waals surface area contributed by atoms with Crippen molar-refractivity contribution in [1.29, 1.82) is 0 Å². The first-order valence-electron chi connectivity index (χ1n) is 8.03. The van der Waals surface area contributed by atoms with Crippen molar-refractivity contribution in [2.45, 2.75) is 37.1 Å². The Labute approximate surface area is 135 Å². The van der Waals surface area contributed by atoms with E-state index in [0.29, 0.717) is 19.3 Å². The Bertz CT molecular complexity index is 755. The number of hydrogen-bond donors (Lipinski definition) is 1. The Morgan fingerprint density at radius 3 is 1.96 bits per heavy atom. The summed E-state index contributed by atoms with van der Waals surface area (Å²) >= 11 is 0. The zero-order chi connectivity index (χ0) is 16.4. The topological polar surface area (TPSA) is 80.3 Å². The van der Waals surface area contributed by atoms with Crippen molar-refractivity contribution in [2.24, 2.45) is 23.7 Å². The minimum absolute atomic E-state index is 0.0402. The highest BCUT2D eigenvalue weighted by Gasteiger charge is 2.58. The summed E-state index contributed by atoms with van der Waals surface area (Å²) in [7, 11) is -3.72. The molecular weight excluding hydrogens is 314 g/mol. The molecule has 122 valence electrons. The smallest absolute Gasteiger partial charge is 0.240 e. The van der Waals surface area contributed by atoms with Crippen LogP contribution in [0.25, 0.3) is 0 Å². The molecule has 4 unspecified atom stereocenters. The van der Waals surface area contributed by atoms with Crippen LogP contribution in [-0.4, -0.2) is 26.0 Å². The van der Waals surface area contributed by atoms with E-state index in [1.165, 1.54) is 0 Å². The molecule has 6 heteroatoms. The maximum atomic E-state index is 12.6. The summed E-state index contributed by atoms with van der Waals surface area (Å²) in [6.07, 6.45) is 1.68. The first-order valence-corrected chi connectivity index (χ1v) is 9.51. The van der Waals surface area contributed by atoms with Crippen molar-refractivity contribution in [3.63, 3.8) is 0 Å². The van der Waals surface area contributed by atoms with E-state index in [0.717, 1.165) is 5.56 Å². The summed E-state index contributed by atoms with van der Waals surface area (Å²) in [6.45, 7) is 1.89. The van der Waals surface area contributed by atoms with E-state index in [-0.39, 0.29) is 40.1 Å². The van der Waals surface area contributed by atoms with Crippen molar-refractivity contribution in [3.8, 4) is 0 Å². The zero-order valence-corrected chi connectivity index (χ0v) is 13.7. The van der Waals surface area contributed by atoms with Gasteiger partial charge in [-0.15, -0.1) is 0 Å². The third-order valence-corrected chi connectivity index (χ3v) is 7.15. The summed E-state index contributed by atoms with van der Waals surface area (Å²) in [6, 6.07) is 6.01. The Hall–Kier alpha value is -1.53. The number of hydrogen-bond acceptors (Lipinski definition) is 4. The van der Waals surface area contributed by atoms with Gasteiger partial charge in [-0.05, 0) is 38.3 Å². The number of nitrogens with one attached hydrogen (secondary N) is 1. The first-order chi connectivity index (χ1) is 10.9. The highest BCUT2D eigenvalue weighted by molar-refractivity contribution is 7.89. The minimum Gasteiger partial charge on any atom is -0.299 e. The molecule has 0 radical (unpaired) electrons. The van der Waals surface area contributed by atoms with Crippen LogP contribution in [0, 0.1) is 30.6 Å². The Morgan fingerprint density at radius 2 is 1.43 bits per heavy atom. The van der Waals surface area contributed by atoms with Gasteiger partial charge in [0, 0.05) is 29.7 Å². The molecule has 4 atom stereocenters. The summed E-state index contributed by atoms with van der Waals surface area (Å²) in [5.74, 6) is -0.475. The highest BCUT2D eigenvalue weighted by atomic mass is 32.2. The lowest BCUT2D eigenvalue weighted by molar-refractivity contribution is -0.153. The van der Waals surface area contributed by atoms with Crippen LogP contribution in [0.1, 0.15) is 24.8 Å². The fraction of sp³-hybridized carbons (Fsp3) is 0.529. The molecule has 4 aliphatic rings. The molecule has 4 aliphatic carbocycles. The molecule has 1 aromatic carbocycles. The summed E-state index contributed by atoms with van der Waals surface area (Å²) in [5.41, 5.74) is 0.976. The van der Waals surface area contributed by atoms with Gasteiger partial charge in [-0.1, -0.05) is 17.7 Å². The molecule has 5 rings (SSSR count). The van der Waals surface area contributed by atoms with Gasteiger partial charge >= 0.3 is 0 Å². The lowest BCUT2D eigenvalue weighted by atomic mass is 9.53. The molecule has 4 bridgehead atoms. The van der Waals surface area contributed by atoms with E-state index in [1.54, 1.807) is 24.3 Å². The lowest BCUT2D eigenvalue weighted by Crippen LogP contribution is -2.63. The summed E-state index contributed by atoms with van der Waals surface area (Å²) < 4.78 is 27.9. The number of rotatable bonds is 3. The second kappa shape index (κ2) is 4.98. The maximum absolute atomic E-state index is 12.6. The number of aryl methyl sites for hydroxylation is 1. The molecular formula is C17H19NO4S. The predicted molar refractivity (Wildman–Crippen MR) is 83.1 cm³/mol. The molecule has 0 aliphatic heterocycles. The van der Waals surface area contributed by atoms with Crippen LogP contribution in [0.15, 0.2) is 29.2 Å². The standard InChI is InChI=1S/C17H19NO4S/c1-9-2-4-12(5-3-9)23(21,22)18-15-13-7-10-6-11(17(13)20)8-14(15)16(10)19/h2-5,10-11,13-15,18H,6-8H2,1H3. The summed E-state index contributed by atoms with van der Waals surface area (Å²) in [5, 5.41) is 0. The molecule has 0 amide bonds. The lowest BCUT2D eigenvalue weighted by Gasteiger charge is -2.51. The van der Waals surface area contributed by atoms with Crippen molar-refractivity contribution in [2.75, 3.05) is 0 Å². The van der Waals surface area contributed by atoms with E-state index in [1.807, 2.05) is 6.92 Å². The molecule has 0 heterocycles. The molecule has 4 fully saturated rings. The highest BCUT2D eigenvalue weighted by Crippen LogP contribution is 2.50. The summed E-state index contributed by atoms with van der Waals surface area (Å²) in [4.78, 5) is 25.0. The number of sulfonamides is 1. The van der Waals surface area contributed by atoms with E-state index >= 15 is 0 Å².